The maximum Gasteiger partial charge on any atom is 0.0897 e. The van der Waals surface area contributed by atoms with Crippen LogP contribution in [-0.4, -0.2) is 37.5 Å². The Morgan fingerprint density at radius 2 is 1.93 bits per heavy atom. The zero-order valence-corrected chi connectivity index (χ0v) is 10.5. The largest absolute Gasteiger partial charge is 0.389 e. The quantitative estimate of drug-likeness (QED) is 0.548. The summed E-state index contributed by atoms with van der Waals surface area (Å²) in [4.78, 5) is 0. The highest BCUT2D eigenvalue weighted by Gasteiger charge is 2.05. The summed E-state index contributed by atoms with van der Waals surface area (Å²) in [6.45, 7) is 9.29. The molecule has 2 unspecified atom stereocenters. The molecule has 2 atom stereocenters. The average Bonchev–Trinajstić information content (AvgIpc) is 2.18. The molecule has 0 rings (SSSR count). The van der Waals surface area contributed by atoms with Gasteiger partial charge < -0.3 is 15.2 Å². The second kappa shape index (κ2) is 10.4. The van der Waals surface area contributed by atoms with Crippen molar-refractivity contribution in [2.75, 3.05) is 26.3 Å². The summed E-state index contributed by atoms with van der Waals surface area (Å²) in [6.07, 6.45) is 3.13. The van der Waals surface area contributed by atoms with Crippen molar-refractivity contribution in [2.24, 2.45) is 5.92 Å². The van der Waals surface area contributed by atoms with E-state index < -0.39 is 0 Å². The summed E-state index contributed by atoms with van der Waals surface area (Å²) < 4.78 is 5.45. The number of hydrogen-bond donors (Lipinski definition) is 2. The predicted molar refractivity (Wildman–Crippen MR) is 64.1 cm³/mol. The van der Waals surface area contributed by atoms with E-state index >= 15 is 0 Å². The van der Waals surface area contributed by atoms with Gasteiger partial charge in [0.25, 0.3) is 0 Å². The molecule has 0 saturated carbocycles. The second-order valence-corrected chi connectivity index (χ2v) is 4.29. The van der Waals surface area contributed by atoms with E-state index in [0.29, 0.717) is 19.1 Å². The third kappa shape index (κ3) is 10.2. The highest BCUT2D eigenvalue weighted by atomic mass is 16.5. The van der Waals surface area contributed by atoms with E-state index in [1.165, 1.54) is 12.8 Å². The van der Waals surface area contributed by atoms with Gasteiger partial charge in [0.15, 0.2) is 0 Å². The average molecular weight is 217 g/mol. The lowest BCUT2D eigenvalue weighted by atomic mass is 10.1. The van der Waals surface area contributed by atoms with Crippen LogP contribution < -0.4 is 5.32 Å². The Kier molecular flexibility index (Phi) is 10.3. The number of ether oxygens (including phenoxy) is 1. The number of aliphatic hydroxyl groups is 1. The third-order valence-electron chi connectivity index (χ3n) is 2.30. The minimum absolute atomic E-state index is 0.370. The van der Waals surface area contributed by atoms with Crippen LogP contribution in [0, 0.1) is 5.92 Å². The maximum atomic E-state index is 9.53. The van der Waals surface area contributed by atoms with E-state index in [1.54, 1.807) is 0 Å². The zero-order valence-electron chi connectivity index (χ0n) is 10.5. The fourth-order valence-corrected chi connectivity index (χ4v) is 1.49. The number of rotatable bonds is 10. The first-order valence-corrected chi connectivity index (χ1v) is 6.17. The normalized spacial score (nSPS) is 15.2. The Morgan fingerprint density at radius 1 is 1.20 bits per heavy atom. The van der Waals surface area contributed by atoms with Gasteiger partial charge in [-0.1, -0.05) is 27.2 Å². The summed E-state index contributed by atoms with van der Waals surface area (Å²) in [5.41, 5.74) is 0. The fourth-order valence-electron chi connectivity index (χ4n) is 1.49. The van der Waals surface area contributed by atoms with Crippen LogP contribution in [0.3, 0.4) is 0 Å². The lowest BCUT2D eigenvalue weighted by Crippen LogP contribution is -2.31. The van der Waals surface area contributed by atoms with E-state index in [9.17, 15) is 5.11 Å². The van der Waals surface area contributed by atoms with Crippen LogP contribution in [0.1, 0.15) is 40.0 Å². The van der Waals surface area contributed by atoms with Crippen molar-refractivity contribution in [3.05, 3.63) is 0 Å². The molecule has 0 bridgehead atoms. The molecular weight excluding hydrogens is 190 g/mol. The lowest BCUT2D eigenvalue weighted by Gasteiger charge is -2.14. The Balaban J connectivity index is 3.26. The zero-order chi connectivity index (χ0) is 11.5. The molecule has 0 aliphatic carbocycles. The number of aliphatic hydroxyl groups excluding tert-OH is 1. The summed E-state index contributed by atoms with van der Waals surface area (Å²) in [6, 6.07) is 0. The Labute approximate surface area is 94.2 Å². The molecule has 0 saturated heterocycles. The van der Waals surface area contributed by atoms with E-state index in [-0.39, 0.29) is 6.10 Å². The van der Waals surface area contributed by atoms with Gasteiger partial charge in [-0.25, -0.2) is 0 Å². The molecule has 0 aliphatic rings. The van der Waals surface area contributed by atoms with E-state index in [2.05, 4.69) is 26.1 Å². The van der Waals surface area contributed by atoms with Crippen molar-refractivity contribution in [3.63, 3.8) is 0 Å². The van der Waals surface area contributed by atoms with E-state index in [4.69, 9.17) is 4.74 Å². The minimum Gasteiger partial charge on any atom is -0.389 e. The van der Waals surface area contributed by atoms with Crippen LogP contribution >= 0.6 is 0 Å². The van der Waals surface area contributed by atoms with Gasteiger partial charge in [0.05, 0.1) is 12.7 Å². The van der Waals surface area contributed by atoms with Gasteiger partial charge in [-0.15, -0.1) is 0 Å². The molecule has 0 fully saturated rings. The molecule has 3 nitrogen and oxygen atoms in total. The Morgan fingerprint density at radius 3 is 2.53 bits per heavy atom. The molecule has 0 heterocycles. The molecule has 0 aromatic carbocycles. The monoisotopic (exact) mass is 217 g/mol. The molecule has 0 spiro atoms. The maximum absolute atomic E-state index is 9.53. The smallest absolute Gasteiger partial charge is 0.0897 e. The van der Waals surface area contributed by atoms with Gasteiger partial charge in [0.2, 0.25) is 0 Å². The predicted octanol–water partition coefficient (Wildman–Crippen LogP) is 1.80. The van der Waals surface area contributed by atoms with Gasteiger partial charge in [0.1, 0.15) is 0 Å². The van der Waals surface area contributed by atoms with Crippen LogP contribution in [0.25, 0.3) is 0 Å². The first-order valence-electron chi connectivity index (χ1n) is 6.17. The van der Waals surface area contributed by atoms with Crippen molar-refractivity contribution in [2.45, 2.75) is 46.1 Å². The molecular formula is C12H27NO2. The topological polar surface area (TPSA) is 41.5 Å². The SMILES string of the molecule is CCCNCC(O)COCC(C)CCC. The van der Waals surface area contributed by atoms with Crippen LogP contribution in [0.4, 0.5) is 0 Å². The van der Waals surface area contributed by atoms with Gasteiger partial charge >= 0.3 is 0 Å². The van der Waals surface area contributed by atoms with Crippen LogP contribution in [0.5, 0.6) is 0 Å². The van der Waals surface area contributed by atoms with Crippen molar-refractivity contribution < 1.29 is 9.84 Å². The standard InChI is InChI=1S/C12H27NO2/c1-4-6-11(3)9-15-10-12(14)8-13-7-5-2/h11-14H,4-10H2,1-3H3. The molecule has 15 heavy (non-hydrogen) atoms. The summed E-state index contributed by atoms with van der Waals surface area (Å²) >= 11 is 0. The highest BCUT2D eigenvalue weighted by Crippen LogP contribution is 2.04. The fraction of sp³-hybridized carbons (Fsp3) is 1.00. The van der Waals surface area contributed by atoms with Gasteiger partial charge in [0, 0.05) is 13.2 Å². The highest BCUT2D eigenvalue weighted by molar-refractivity contribution is 4.58. The van der Waals surface area contributed by atoms with Crippen LogP contribution in [0.15, 0.2) is 0 Å². The molecule has 2 N–H and O–H groups in total. The Hall–Kier alpha value is -0.120. The first-order chi connectivity index (χ1) is 7.20. The van der Waals surface area contributed by atoms with Gasteiger partial charge in [-0.3, -0.25) is 0 Å². The van der Waals surface area contributed by atoms with Gasteiger partial charge in [-0.2, -0.15) is 0 Å². The van der Waals surface area contributed by atoms with Crippen molar-refractivity contribution in [1.82, 2.24) is 5.32 Å². The molecule has 3 heteroatoms. The van der Waals surface area contributed by atoms with Crippen molar-refractivity contribution >= 4 is 0 Å². The van der Waals surface area contributed by atoms with Gasteiger partial charge in [-0.05, 0) is 25.3 Å². The molecule has 92 valence electrons. The number of hydrogen-bond acceptors (Lipinski definition) is 3. The molecule has 0 radical (unpaired) electrons. The van der Waals surface area contributed by atoms with Crippen molar-refractivity contribution in [3.8, 4) is 0 Å². The van der Waals surface area contributed by atoms with Crippen LogP contribution in [0.2, 0.25) is 0 Å². The molecule has 0 aromatic heterocycles. The summed E-state index contributed by atoms with van der Waals surface area (Å²) in [7, 11) is 0. The molecule has 0 aliphatic heterocycles. The third-order valence-corrected chi connectivity index (χ3v) is 2.30. The summed E-state index contributed by atoms with van der Waals surface area (Å²) in [5, 5.41) is 12.7. The molecule has 0 amide bonds. The Bertz CT molecular complexity index is 131. The van der Waals surface area contributed by atoms with E-state index in [1.807, 2.05) is 0 Å². The number of nitrogens with one attached hydrogen (secondary N) is 1. The minimum atomic E-state index is -0.370. The van der Waals surface area contributed by atoms with Crippen molar-refractivity contribution in [1.29, 1.82) is 0 Å². The second-order valence-electron chi connectivity index (χ2n) is 4.29. The first kappa shape index (κ1) is 14.9. The summed E-state index contributed by atoms with van der Waals surface area (Å²) in [5.74, 6) is 0.603. The molecule has 0 aromatic rings. The van der Waals surface area contributed by atoms with Crippen LogP contribution in [-0.2, 0) is 4.74 Å². The lowest BCUT2D eigenvalue weighted by molar-refractivity contribution is 0.0228. The van der Waals surface area contributed by atoms with E-state index in [0.717, 1.165) is 19.6 Å².